The second kappa shape index (κ2) is 10.3. The molecule has 35 heavy (non-hydrogen) atoms. The Morgan fingerprint density at radius 3 is 2.23 bits per heavy atom. The van der Waals surface area contributed by atoms with Crippen LogP contribution in [-0.4, -0.2) is 22.8 Å². The zero-order valence-electron chi connectivity index (χ0n) is 18.7. The van der Waals surface area contributed by atoms with E-state index in [2.05, 4.69) is 6.07 Å². The van der Waals surface area contributed by atoms with Gasteiger partial charge in [0.05, 0.1) is 19.3 Å². The van der Waals surface area contributed by atoms with Gasteiger partial charge in [-0.1, -0.05) is 35.9 Å². The van der Waals surface area contributed by atoms with Crippen LogP contribution in [0.2, 0.25) is 5.02 Å². The van der Waals surface area contributed by atoms with Gasteiger partial charge >= 0.3 is 0 Å². The lowest BCUT2D eigenvalue weighted by Crippen LogP contribution is -2.26. The molecule has 0 bridgehead atoms. The normalized spacial score (nSPS) is 10.5. The van der Waals surface area contributed by atoms with Crippen LogP contribution in [0.25, 0.3) is 22.4 Å². The van der Waals surface area contributed by atoms with Crippen molar-refractivity contribution in [3.63, 3.8) is 0 Å². The number of pyridine rings is 1. The first-order valence-electron chi connectivity index (χ1n) is 10.6. The van der Waals surface area contributed by atoms with Gasteiger partial charge in [0.25, 0.3) is 11.5 Å². The molecule has 4 rings (SSSR count). The number of hydrogen-bond acceptors (Lipinski definition) is 5. The lowest BCUT2D eigenvalue weighted by molar-refractivity contribution is 0.0706. The summed E-state index contributed by atoms with van der Waals surface area (Å²) in [6, 6.07) is 24.6. The minimum atomic E-state index is -0.633. The summed E-state index contributed by atoms with van der Waals surface area (Å²) in [6.07, 6.45) is 0. The number of methoxy groups -OCH3 is 1. The SMILES string of the molecule is COc1ccc(-c2cc(-c3ccc(Cl)cc3)c(C#N)c(=O)n2Cc2ccc(C(=O)NO)cc2)cc1. The fraction of sp³-hybridized carbons (Fsp3) is 0.0741. The summed E-state index contributed by atoms with van der Waals surface area (Å²) in [5.41, 5.74) is 4.75. The van der Waals surface area contributed by atoms with Crippen molar-refractivity contribution in [2.75, 3.05) is 7.11 Å². The van der Waals surface area contributed by atoms with E-state index in [0.717, 1.165) is 11.1 Å². The van der Waals surface area contributed by atoms with Crippen molar-refractivity contribution in [2.45, 2.75) is 6.54 Å². The van der Waals surface area contributed by atoms with E-state index in [0.29, 0.717) is 27.6 Å². The number of nitrogens with zero attached hydrogens (tertiary/aromatic N) is 2. The van der Waals surface area contributed by atoms with Crippen molar-refractivity contribution in [3.05, 3.63) is 111 Å². The molecule has 0 saturated heterocycles. The average molecular weight is 486 g/mol. The van der Waals surface area contributed by atoms with E-state index in [1.54, 1.807) is 73.3 Å². The molecule has 1 heterocycles. The van der Waals surface area contributed by atoms with Crippen LogP contribution in [0.3, 0.4) is 0 Å². The lowest BCUT2D eigenvalue weighted by Gasteiger charge is -2.17. The predicted molar refractivity (Wildman–Crippen MR) is 133 cm³/mol. The van der Waals surface area contributed by atoms with Gasteiger partial charge in [0.2, 0.25) is 0 Å². The number of ether oxygens (including phenoxy) is 1. The van der Waals surface area contributed by atoms with E-state index in [1.165, 1.54) is 4.57 Å². The number of carbonyl (C=O) groups is 1. The molecular weight excluding hydrogens is 466 g/mol. The maximum atomic E-state index is 13.6. The molecule has 174 valence electrons. The van der Waals surface area contributed by atoms with Gasteiger partial charge in [-0.3, -0.25) is 14.8 Å². The van der Waals surface area contributed by atoms with Crippen LogP contribution >= 0.6 is 11.6 Å². The second-order valence-corrected chi connectivity index (χ2v) is 8.13. The zero-order chi connectivity index (χ0) is 24.9. The van der Waals surface area contributed by atoms with Crippen LogP contribution in [0.15, 0.2) is 83.7 Å². The standard InChI is InChI=1S/C27H20ClN3O4/c1-35-22-12-8-19(9-13-22)25-14-23(18-6-10-21(28)11-7-18)24(15-29)27(33)31(25)16-17-2-4-20(5-3-17)26(32)30-34/h2-14,34H,16H2,1H3,(H,30,32). The van der Waals surface area contributed by atoms with Gasteiger partial charge in [0.1, 0.15) is 17.4 Å². The predicted octanol–water partition coefficient (Wildman–Crippen LogP) is 4.88. The van der Waals surface area contributed by atoms with Crippen molar-refractivity contribution in [1.82, 2.24) is 10.0 Å². The van der Waals surface area contributed by atoms with Crippen molar-refractivity contribution in [2.24, 2.45) is 0 Å². The summed E-state index contributed by atoms with van der Waals surface area (Å²) >= 11 is 6.03. The highest BCUT2D eigenvalue weighted by atomic mass is 35.5. The topological polar surface area (TPSA) is 104 Å². The van der Waals surface area contributed by atoms with E-state index in [-0.39, 0.29) is 17.7 Å². The molecule has 0 spiro atoms. The molecule has 0 saturated carbocycles. The Morgan fingerprint density at radius 2 is 1.66 bits per heavy atom. The molecule has 8 heteroatoms. The Hall–Kier alpha value is -4.38. The molecule has 7 nitrogen and oxygen atoms in total. The smallest absolute Gasteiger partial charge is 0.274 e. The third-order valence-electron chi connectivity index (χ3n) is 5.61. The molecule has 2 N–H and O–H groups in total. The summed E-state index contributed by atoms with van der Waals surface area (Å²) in [5, 5.41) is 19.3. The highest BCUT2D eigenvalue weighted by Crippen LogP contribution is 2.30. The molecule has 1 amide bonds. The van der Waals surface area contributed by atoms with Crippen LogP contribution in [0.4, 0.5) is 0 Å². The number of amides is 1. The van der Waals surface area contributed by atoms with Crippen LogP contribution in [0.1, 0.15) is 21.5 Å². The summed E-state index contributed by atoms with van der Waals surface area (Å²) in [4.78, 5) is 25.2. The maximum Gasteiger partial charge on any atom is 0.274 e. The number of hydroxylamine groups is 1. The Balaban J connectivity index is 1.89. The van der Waals surface area contributed by atoms with Crippen LogP contribution < -0.4 is 15.8 Å². The third kappa shape index (κ3) is 4.94. The van der Waals surface area contributed by atoms with E-state index in [4.69, 9.17) is 21.5 Å². The van der Waals surface area contributed by atoms with Crippen LogP contribution in [0.5, 0.6) is 5.75 Å². The number of carbonyl (C=O) groups excluding carboxylic acids is 1. The van der Waals surface area contributed by atoms with E-state index in [9.17, 15) is 14.9 Å². The van der Waals surface area contributed by atoms with Crippen molar-refractivity contribution < 1.29 is 14.7 Å². The summed E-state index contributed by atoms with van der Waals surface area (Å²) in [7, 11) is 1.58. The molecule has 0 atom stereocenters. The first-order valence-corrected chi connectivity index (χ1v) is 10.9. The fourth-order valence-electron chi connectivity index (χ4n) is 3.78. The first kappa shape index (κ1) is 23.8. The largest absolute Gasteiger partial charge is 0.497 e. The van der Waals surface area contributed by atoms with Crippen molar-refractivity contribution in [1.29, 1.82) is 5.26 Å². The van der Waals surface area contributed by atoms with Gasteiger partial charge in [0.15, 0.2) is 0 Å². The molecule has 0 aliphatic rings. The average Bonchev–Trinajstić information content (AvgIpc) is 2.90. The number of nitriles is 1. The van der Waals surface area contributed by atoms with Gasteiger partial charge in [-0.15, -0.1) is 0 Å². The first-order chi connectivity index (χ1) is 16.9. The lowest BCUT2D eigenvalue weighted by atomic mass is 9.98. The van der Waals surface area contributed by atoms with E-state index in [1.807, 2.05) is 18.2 Å². The second-order valence-electron chi connectivity index (χ2n) is 7.69. The Morgan fingerprint density at radius 1 is 1.03 bits per heavy atom. The highest BCUT2D eigenvalue weighted by Gasteiger charge is 2.18. The van der Waals surface area contributed by atoms with E-state index >= 15 is 0 Å². The van der Waals surface area contributed by atoms with Gasteiger partial charge < -0.3 is 9.30 Å². The van der Waals surface area contributed by atoms with Crippen LogP contribution in [0, 0.1) is 11.3 Å². The number of nitrogens with one attached hydrogen (secondary N) is 1. The molecule has 4 aromatic rings. The molecule has 1 aromatic heterocycles. The minimum Gasteiger partial charge on any atom is -0.497 e. The maximum absolute atomic E-state index is 13.6. The van der Waals surface area contributed by atoms with Gasteiger partial charge in [-0.25, -0.2) is 5.48 Å². The number of aromatic nitrogens is 1. The van der Waals surface area contributed by atoms with Gasteiger partial charge in [-0.05, 0) is 71.3 Å². The summed E-state index contributed by atoms with van der Waals surface area (Å²) in [6.45, 7) is 0.163. The minimum absolute atomic E-state index is 0.0147. The van der Waals surface area contributed by atoms with Gasteiger partial charge in [0, 0.05) is 16.1 Å². The molecular formula is C27H20ClN3O4. The number of hydrogen-bond donors (Lipinski definition) is 2. The van der Waals surface area contributed by atoms with E-state index < -0.39 is 11.5 Å². The van der Waals surface area contributed by atoms with Crippen molar-refractivity contribution in [3.8, 4) is 34.2 Å². The highest BCUT2D eigenvalue weighted by molar-refractivity contribution is 6.30. The number of rotatable bonds is 6. The summed E-state index contributed by atoms with van der Waals surface area (Å²) < 4.78 is 6.79. The number of halogens is 1. The summed E-state index contributed by atoms with van der Waals surface area (Å²) in [5.74, 6) is 0.0405. The number of benzene rings is 3. The molecule has 0 fully saturated rings. The Kier molecular flexibility index (Phi) is 6.97. The van der Waals surface area contributed by atoms with Gasteiger partial charge in [-0.2, -0.15) is 5.26 Å². The molecule has 0 radical (unpaired) electrons. The molecule has 3 aromatic carbocycles. The van der Waals surface area contributed by atoms with Crippen LogP contribution in [-0.2, 0) is 6.54 Å². The third-order valence-corrected chi connectivity index (χ3v) is 5.86. The Labute approximate surface area is 206 Å². The molecule has 0 aliphatic carbocycles. The Bertz CT molecular complexity index is 1470. The molecule has 0 unspecified atom stereocenters. The molecule has 0 aliphatic heterocycles. The quantitative estimate of drug-likeness (QED) is 0.299. The fourth-order valence-corrected chi connectivity index (χ4v) is 3.90. The monoisotopic (exact) mass is 485 g/mol. The van der Waals surface area contributed by atoms with Crippen molar-refractivity contribution >= 4 is 17.5 Å². The zero-order valence-corrected chi connectivity index (χ0v) is 19.4.